The molecule has 2 heterocycles. The first kappa shape index (κ1) is 19.8. The van der Waals surface area contributed by atoms with Gasteiger partial charge < -0.3 is 0 Å². The van der Waals surface area contributed by atoms with Crippen molar-refractivity contribution in [3.05, 3.63) is 33.4 Å². The summed E-state index contributed by atoms with van der Waals surface area (Å²) in [5.74, 6) is -0.0702. The Hall–Kier alpha value is -1.55. The first-order valence-corrected chi connectivity index (χ1v) is 9.76. The van der Waals surface area contributed by atoms with E-state index in [0.29, 0.717) is 17.0 Å². The second kappa shape index (κ2) is 6.64. The van der Waals surface area contributed by atoms with Crippen LogP contribution >= 0.6 is 11.6 Å². The lowest BCUT2D eigenvalue weighted by atomic mass is 10.2. The summed E-state index contributed by atoms with van der Waals surface area (Å²) in [5, 5.41) is 7.43. The molecule has 140 valence electrons. The van der Waals surface area contributed by atoms with Crippen LogP contribution in [0, 0.1) is 20.8 Å². The Labute approximate surface area is 148 Å². The van der Waals surface area contributed by atoms with Gasteiger partial charge in [-0.05, 0) is 20.8 Å². The molecule has 2 rings (SSSR count). The van der Waals surface area contributed by atoms with E-state index in [1.165, 1.54) is 16.3 Å². The van der Waals surface area contributed by atoms with Crippen molar-refractivity contribution < 1.29 is 21.6 Å². The molecule has 0 aliphatic heterocycles. The standard InChI is InChI=1S/C14H18ClF3N4O2S/c1-8-11(9(2)21(19-8)5-6-25(4,23)24)7-22-10(3)12(15)13(20-22)14(16,17)18/h5-7H2,1-4H3. The SMILES string of the molecule is Cc1nn(CCS(C)(=O)=O)c(C)c1Cn1nc(C(F)(F)F)c(Cl)c1C. The van der Waals surface area contributed by atoms with Crippen molar-refractivity contribution in [1.82, 2.24) is 19.6 Å². The summed E-state index contributed by atoms with van der Waals surface area (Å²) in [7, 11) is -3.15. The zero-order valence-electron chi connectivity index (χ0n) is 14.1. The monoisotopic (exact) mass is 398 g/mol. The smallest absolute Gasteiger partial charge is 0.268 e. The molecule has 11 heteroatoms. The van der Waals surface area contributed by atoms with Crippen LogP contribution in [0.2, 0.25) is 5.02 Å². The Kier molecular flexibility index (Phi) is 5.25. The third-order valence-electron chi connectivity index (χ3n) is 3.92. The molecule has 0 unspecified atom stereocenters. The van der Waals surface area contributed by atoms with Crippen LogP contribution in [0.3, 0.4) is 0 Å². The van der Waals surface area contributed by atoms with Crippen LogP contribution in [-0.4, -0.2) is 40.0 Å². The molecule has 0 atom stereocenters. The summed E-state index contributed by atoms with van der Waals surface area (Å²) >= 11 is 5.76. The number of rotatable bonds is 5. The minimum absolute atomic E-state index is 0.0676. The van der Waals surface area contributed by atoms with Crippen molar-refractivity contribution in [2.24, 2.45) is 0 Å². The van der Waals surface area contributed by atoms with Crippen molar-refractivity contribution in [2.75, 3.05) is 12.0 Å². The number of nitrogens with zero attached hydrogens (tertiary/aromatic N) is 4. The van der Waals surface area contributed by atoms with Gasteiger partial charge in [-0.3, -0.25) is 9.36 Å². The lowest BCUT2D eigenvalue weighted by molar-refractivity contribution is -0.141. The molecular weight excluding hydrogens is 381 g/mol. The number of hydrogen-bond acceptors (Lipinski definition) is 4. The topological polar surface area (TPSA) is 69.8 Å². The molecule has 0 N–H and O–H groups in total. The number of aromatic nitrogens is 4. The molecular formula is C14H18ClF3N4O2S. The fraction of sp³-hybridized carbons (Fsp3) is 0.571. The number of alkyl halides is 3. The van der Waals surface area contributed by atoms with Crippen molar-refractivity contribution in [1.29, 1.82) is 0 Å². The first-order chi connectivity index (χ1) is 11.3. The molecule has 0 fully saturated rings. The van der Waals surface area contributed by atoms with Crippen LogP contribution in [0.25, 0.3) is 0 Å². The fourth-order valence-electron chi connectivity index (χ4n) is 2.44. The molecule has 0 amide bonds. The minimum atomic E-state index is -4.63. The van der Waals surface area contributed by atoms with Crippen LogP contribution in [0.15, 0.2) is 0 Å². The van der Waals surface area contributed by atoms with Crippen LogP contribution < -0.4 is 0 Å². The van der Waals surface area contributed by atoms with Gasteiger partial charge in [0.2, 0.25) is 0 Å². The Balaban J connectivity index is 2.34. The lowest BCUT2D eigenvalue weighted by Gasteiger charge is -2.07. The molecule has 6 nitrogen and oxygen atoms in total. The highest BCUT2D eigenvalue weighted by atomic mass is 35.5. The molecule has 0 radical (unpaired) electrons. The van der Waals surface area contributed by atoms with E-state index in [9.17, 15) is 21.6 Å². The largest absolute Gasteiger partial charge is 0.436 e. The summed E-state index contributed by atoms with van der Waals surface area (Å²) in [4.78, 5) is 0. The molecule has 2 aromatic heterocycles. The van der Waals surface area contributed by atoms with Crippen LogP contribution in [0.1, 0.15) is 28.3 Å². The van der Waals surface area contributed by atoms with Gasteiger partial charge in [-0.15, -0.1) is 0 Å². The summed E-state index contributed by atoms with van der Waals surface area (Å²) in [6.45, 7) is 5.16. The van der Waals surface area contributed by atoms with Crippen molar-refractivity contribution in [2.45, 2.75) is 40.0 Å². The van der Waals surface area contributed by atoms with E-state index in [4.69, 9.17) is 11.6 Å². The maximum Gasteiger partial charge on any atom is 0.436 e. The number of hydrogen-bond donors (Lipinski definition) is 0. The highest BCUT2D eigenvalue weighted by Crippen LogP contribution is 2.35. The Morgan fingerprint density at radius 1 is 1.08 bits per heavy atom. The third kappa shape index (κ3) is 4.35. The molecule has 0 spiro atoms. The van der Waals surface area contributed by atoms with Gasteiger partial charge in [-0.25, -0.2) is 8.42 Å². The molecule has 0 aromatic carbocycles. The van der Waals surface area contributed by atoms with Gasteiger partial charge in [0.05, 0.1) is 35.3 Å². The average Bonchev–Trinajstić information content (AvgIpc) is 2.89. The number of halogens is 4. The second-order valence-electron chi connectivity index (χ2n) is 5.91. The van der Waals surface area contributed by atoms with Crippen LogP contribution in [0.5, 0.6) is 0 Å². The molecule has 0 aliphatic rings. The summed E-state index contributed by atoms with van der Waals surface area (Å²) in [6, 6.07) is 0. The van der Waals surface area contributed by atoms with E-state index in [0.717, 1.165) is 6.26 Å². The van der Waals surface area contributed by atoms with Gasteiger partial charge in [0.25, 0.3) is 0 Å². The molecule has 2 aromatic rings. The summed E-state index contributed by atoms with van der Waals surface area (Å²) in [6.07, 6.45) is -3.50. The second-order valence-corrected chi connectivity index (χ2v) is 8.54. The quantitative estimate of drug-likeness (QED) is 0.776. The van der Waals surface area contributed by atoms with Gasteiger partial charge in [-0.1, -0.05) is 11.6 Å². The van der Waals surface area contributed by atoms with E-state index in [2.05, 4.69) is 10.2 Å². The molecule has 0 saturated carbocycles. The highest BCUT2D eigenvalue weighted by molar-refractivity contribution is 7.90. The maximum absolute atomic E-state index is 12.9. The van der Waals surface area contributed by atoms with Crippen LogP contribution in [0.4, 0.5) is 13.2 Å². The third-order valence-corrected chi connectivity index (χ3v) is 5.29. The Morgan fingerprint density at radius 2 is 1.68 bits per heavy atom. The first-order valence-electron chi connectivity index (χ1n) is 7.32. The van der Waals surface area contributed by atoms with Gasteiger partial charge in [0.1, 0.15) is 9.84 Å². The molecule has 0 saturated heterocycles. The molecule has 25 heavy (non-hydrogen) atoms. The van der Waals surface area contributed by atoms with E-state index < -0.39 is 26.7 Å². The van der Waals surface area contributed by atoms with Crippen molar-refractivity contribution in [3.8, 4) is 0 Å². The fourth-order valence-corrected chi connectivity index (χ4v) is 3.19. The number of aryl methyl sites for hydroxylation is 2. The van der Waals surface area contributed by atoms with E-state index in [-0.39, 0.29) is 24.5 Å². The Bertz CT molecular complexity index is 900. The lowest BCUT2D eigenvalue weighted by Crippen LogP contribution is -2.14. The molecule has 0 aliphatic carbocycles. The maximum atomic E-state index is 12.9. The van der Waals surface area contributed by atoms with E-state index >= 15 is 0 Å². The van der Waals surface area contributed by atoms with Gasteiger partial charge in [-0.2, -0.15) is 23.4 Å². The normalized spacial score (nSPS) is 12.8. The minimum Gasteiger partial charge on any atom is -0.268 e. The molecule has 0 bridgehead atoms. The predicted molar refractivity (Wildman–Crippen MR) is 87.5 cm³/mol. The van der Waals surface area contributed by atoms with Gasteiger partial charge in [0, 0.05) is 17.5 Å². The van der Waals surface area contributed by atoms with Gasteiger partial charge >= 0.3 is 6.18 Å². The van der Waals surface area contributed by atoms with E-state index in [1.807, 2.05) is 0 Å². The zero-order chi connectivity index (χ0) is 19.2. The van der Waals surface area contributed by atoms with Gasteiger partial charge in [0.15, 0.2) is 5.69 Å². The van der Waals surface area contributed by atoms with Crippen molar-refractivity contribution in [3.63, 3.8) is 0 Å². The van der Waals surface area contributed by atoms with Crippen LogP contribution in [-0.2, 0) is 29.1 Å². The zero-order valence-corrected chi connectivity index (χ0v) is 15.7. The van der Waals surface area contributed by atoms with Crippen molar-refractivity contribution >= 4 is 21.4 Å². The Morgan fingerprint density at radius 3 is 2.16 bits per heavy atom. The summed E-state index contributed by atoms with van der Waals surface area (Å²) < 4.78 is 64.1. The van der Waals surface area contributed by atoms with E-state index in [1.54, 1.807) is 13.8 Å². The number of sulfone groups is 1. The summed E-state index contributed by atoms with van der Waals surface area (Å²) in [5.41, 5.74) is 1.05. The average molecular weight is 399 g/mol. The highest BCUT2D eigenvalue weighted by Gasteiger charge is 2.38. The predicted octanol–water partition coefficient (Wildman–Crippen LogP) is 2.77.